The van der Waals surface area contributed by atoms with E-state index in [4.69, 9.17) is 9.41 Å². The Labute approximate surface area is 143 Å². The number of nitrogens with zero attached hydrogens (tertiary/aromatic N) is 2. The summed E-state index contributed by atoms with van der Waals surface area (Å²) in [6.45, 7) is 1.55. The van der Waals surface area contributed by atoms with Crippen molar-refractivity contribution in [2.45, 2.75) is 44.6 Å². The van der Waals surface area contributed by atoms with Gasteiger partial charge in [0.2, 0.25) is 0 Å². The first-order valence-corrected chi connectivity index (χ1v) is 8.87. The van der Waals surface area contributed by atoms with Gasteiger partial charge >= 0.3 is 0 Å². The zero-order valence-electron chi connectivity index (χ0n) is 14.1. The summed E-state index contributed by atoms with van der Waals surface area (Å²) in [4.78, 5) is 9.07. The van der Waals surface area contributed by atoms with Gasteiger partial charge < -0.3 is 15.1 Å². The zero-order valence-corrected chi connectivity index (χ0v) is 14.1. The molecule has 1 fully saturated rings. The maximum Gasteiger partial charge on any atom is 0.191 e. The lowest BCUT2D eigenvalue weighted by atomic mass is 10.2. The highest BCUT2D eigenvalue weighted by Crippen LogP contribution is 2.17. The van der Waals surface area contributed by atoms with Crippen molar-refractivity contribution in [3.8, 4) is 0 Å². The molecule has 2 aromatic heterocycles. The van der Waals surface area contributed by atoms with Gasteiger partial charge in [0.05, 0.1) is 6.26 Å². The summed E-state index contributed by atoms with van der Waals surface area (Å²) in [6, 6.07) is 10.5. The summed E-state index contributed by atoms with van der Waals surface area (Å²) >= 11 is 0. The molecule has 0 unspecified atom stereocenters. The van der Waals surface area contributed by atoms with Gasteiger partial charge in [-0.2, -0.15) is 0 Å². The number of hydrogen-bond acceptors (Lipinski definition) is 3. The van der Waals surface area contributed by atoms with Crippen LogP contribution >= 0.6 is 0 Å². The van der Waals surface area contributed by atoms with Crippen LogP contribution in [0.4, 0.5) is 0 Å². The summed E-state index contributed by atoms with van der Waals surface area (Å²) in [6.07, 6.45) is 10.4. The molecule has 5 nitrogen and oxygen atoms in total. The predicted octanol–water partition coefficient (Wildman–Crippen LogP) is 2.94. The van der Waals surface area contributed by atoms with Crippen LogP contribution in [0.25, 0.3) is 0 Å². The summed E-state index contributed by atoms with van der Waals surface area (Å²) in [5.41, 5.74) is 1.10. The molecule has 5 heteroatoms. The first-order valence-electron chi connectivity index (χ1n) is 8.87. The van der Waals surface area contributed by atoms with Crippen molar-refractivity contribution in [1.82, 2.24) is 15.6 Å². The van der Waals surface area contributed by atoms with Crippen LogP contribution < -0.4 is 10.6 Å². The number of nitrogens with one attached hydrogen (secondary N) is 2. The predicted molar refractivity (Wildman–Crippen MR) is 96.0 cm³/mol. The van der Waals surface area contributed by atoms with Crippen LogP contribution in [0.5, 0.6) is 0 Å². The number of aromatic nitrogens is 1. The Hall–Kier alpha value is -2.30. The van der Waals surface area contributed by atoms with Gasteiger partial charge in [0, 0.05) is 43.9 Å². The number of aliphatic imine (C=N–C) groups is 1. The monoisotopic (exact) mass is 326 g/mol. The first-order chi connectivity index (χ1) is 11.9. The standard InChI is InChI=1S/C19H26N4O/c1-2-8-17(7-1)23-19(22-14-11-18-9-5-15-24-18)21-13-10-16-6-3-4-12-20-16/h3-6,9,12,15,17H,1-2,7-8,10-11,13-14H2,(H2,21,22,23). The Morgan fingerprint density at radius 3 is 2.83 bits per heavy atom. The minimum atomic E-state index is 0.551. The fraction of sp³-hybridized carbons (Fsp3) is 0.474. The van der Waals surface area contributed by atoms with Gasteiger partial charge in [0.1, 0.15) is 5.76 Å². The summed E-state index contributed by atoms with van der Waals surface area (Å²) < 4.78 is 5.37. The van der Waals surface area contributed by atoms with Crippen LogP contribution in [0.1, 0.15) is 37.1 Å². The molecule has 1 aliphatic carbocycles. The molecule has 0 bridgehead atoms. The van der Waals surface area contributed by atoms with E-state index in [1.807, 2.05) is 30.5 Å². The maximum absolute atomic E-state index is 5.37. The highest BCUT2D eigenvalue weighted by molar-refractivity contribution is 5.80. The lowest BCUT2D eigenvalue weighted by Gasteiger charge is -2.17. The number of hydrogen-bond donors (Lipinski definition) is 2. The second-order valence-corrected chi connectivity index (χ2v) is 6.18. The molecule has 0 aromatic carbocycles. The van der Waals surface area contributed by atoms with Crippen molar-refractivity contribution in [3.63, 3.8) is 0 Å². The van der Waals surface area contributed by atoms with Crippen LogP contribution in [0.15, 0.2) is 52.2 Å². The Kier molecular flexibility index (Phi) is 6.28. The lowest BCUT2D eigenvalue weighted by molar-refractivity contribution is 0.510. The van der Waals surface area contributed by atoms with Crippen molar-refractivity contribution in [1.29, 1.82) is 0 Å². The number of rotatable bonds is 7. The fourth-order valence-electron chi connectivity index (χ4n) is 3.00. The van der Waals surface area contributed by atoms with E-state index < -0.39 is 0 Å². The molecule has 2 aromatic rings. The number of guanidine groups is 1. The van der Waals surface area contributed by atoms with Crippen LogP contribution in [-0.2, 0) is 12.8 Å². The van der Waals surface area contributed by atoms with Crippen molar-refractivity contribution in [2.24, 2.45) is 4.99 Å². The summed E-state index contributed by atoms with van der Waals surface area (Å²) in [5.74, 6) is 1.89. The van der Waals surface area contributed by atoms with Gasteiger partial charge in [0.15, 0.2) is 5.96 Å². The normalized spacial score (nSPS) is 15.6. The third kappa shape index (κ3) is 5.41. The van der Waals surface area contributed by atoms with E-state index in [1.165, 1.54) is 25.7 Å². The lowest BCUT2D eigenvalue weighted by Crippen LogP contribution is -2.43. The average Bonchev–Trinajstić information content (AvgIpc) is 3.29. The van der Waals surface area contributed by atoms with Crippen molar-refractivity contribution < 1.29 is 4.42 Å². The second kappa shape index (κ2) is 9.11. The smallest absolute Gasteiger partial charge is 0.191 e. The molecular formula is C19H26N4O. The van der Waals surface area contributed by atoms with Gasteiger partial charge in [-0.25, -0.2) is 0 Å². The molecule has 0 saturated heterocycles. The fourth-order valence-corrected chi connectivity index (χ4v) is 3.00. The molecule has 0 aliphatic heterocycles. The third-order valence-corrected chi connectivity index (χ3v) is 4.30. The molecule has 2 N–H and O–H groups in total. The molecule has 0 radical (unpaired) electrons. The van der Waals surface area contributed by atoms with Crippen LogP contribution in [0.3, 0.4) is 0 Å². The molecular weight excluding hydrogens is 300 g/mol. The Morgan fingerprint density at radius 2 is 2.08 bits per heavy atom. The second-order valence-electron chi connectivity index (χ2n) is 6.18. The first kappa shape index (κ1) is 16.6. The maximum atomic E-state index is 5.37. The number of pyridine rings is 1. The van der Waals surface area contributed by atoms with E-state index in [0.29, 0.717) is 6.04 Å². The van der Waals surface area contributed by atoms with E-state index in [9.17, 15) is 0 Å². The van der Waals surface area contributed by atoms with Gasteiger partial charge in [-0.15, -0.1) is 0 Å². The summed E-state index contributed by atoms with van der Waals surface area (Å²) in [7, 11) is 0. The molecule has 3 rings (SSSR count). The Balaban J connectivity index is 1.50. The topological polar surface area (TPSA) is 62.5 Å². The Morgan fingerprint density at radius 1 is 1.17 bits per heavy atom. The average molecular weight is 326 g/mol. The molecule has 0 spiro atoms. The minimum Gasteiger partial charge on any atom is -0.469 e. The summed E-state index contributed by atoms with van der Waals surface area (Å²) in [5, 5.41) is 7.01. The largest absolute Gasteiger partial charge is 0.469 e. The molecule has 1 aliphatic rings. The van der Waals surface area contributed by atoms with Gasteiger partial charge in [-0.05, 0) is 37.1 Å². The van der Waals surface area contributed by atoms with Crippen molar-refractivity contribution in [3.05, 3.63) is 54.2 Å². The molecule has 128 valence electrons. The Bertz CT molecular complexity index is 604. The van der Waals surface area contributed by atoms with E-state index in [2.05, 4.69) is 21.7 Å². The van der Waals surface area contributed by atoms with Gasteiger partial charge in [-0.1, -0.05) is 18.9 Å². The quantitative estimate of drug-likeness (QED) is 0.606. The van der Waals surface area contributed by atoms with Gasteiger partial charge in [-0.3, -0.25) is 9.98 Å². The molecule has 0 amide bonds. The van der Waals surface area contributed by atoms with E-state index in [0.717, 1.165) is 43.3 Å². The highest BCUT2D eigenvalue weighted by atomic mass is 16.3. The number of furan rings is 1. The highest BCUT2D eigenvalue weighted by Gasteiger charge is 2.15. The zero-order chi connectivity index (χ0) is 16.5. The van der Waals surface area contributed by atoms with Crippen molar-refractivity contribution in [2.75, 3.05) is 13.1 Å². The van der Waals surface area contributed by atoms with Crippen LogP contribution in [0.2, 0.25) is 0 Å². The molecule has 0 atom stereocenters. The third-order valence-electron chi connectivity index (χ3n) is 4.30. The van der Waals surface area contributed by atoms with Crippen molar-refractivity contribution >= 4 is 5.96 Å². The SMILES string of the molecule is c1ccc(CCNC(=NCCc2ccco2)NC2CCCC2)nc1. The minimum absolute atomic E-state index is 0.551. The van der Waals surface area contributed by atoms with Crippen LogP contribution in [-0.4, -0.2) is 30.1 Å². The van der Waals surface area contributed by atoms with E-state index in [-0.39, 0.29) is 0 Å². The van der Waals surface area contributed by atoms with Crippen LogP contribution in [0, 0.1) is 0 Å². The molecule has 24 heavy (non-hydrogen) atoms. The van der Waals surface area contributed by atoms with E-state index in [1.54, 1.807) is 6.26 Å². The molecule has 2 heterocycles. The molecule has 1 saturated carbocycles. The van der Waals surface area contributed by atoms with E-state index >= 15 is 0 Å². The van der Waals surface area contributed by atoms with Gasteiger partial charge in [0.25, 0.3) is 0 Å².